The molecule has 21 heavy (non-hydrogen) atoms. The van der Waals surface area contributed by atoms with E-state index in [1.165, 1.54) is 18.2 Å². The van der Waals surface area contributed by atoms with E-state index in [0.29, 0.717) is 5.69 Å². The number of aromatic nitrogens is 2. The molecule has 0 radical (unpaired) electrons. The van der Waals surface area contributed by atoms with E-state index in [1.807, 2.05) is 0 Å². The summed E-state index contributed by atoms with van der Waals surface area (Å²) < 4.78 is 38.4. The number of aromatic amines is 1. The Morgan fingerprint density at radius 3 is 2.62 bits per heavy atom. The molecule has 0 fully saturated rings. The van der Waals surface area contributed by atoms with E-state index in [4.69, 9.17) is 5.73 Å². The van der Waals surface area contributed by atoms with Crippen LogP contribution in [-0.2, 0) is 12.7 Å². The summed E-state index contributed by atoms with van der Waals surface area (Å²) >= 11 is 0. The first-order valence-electron chi connectivity index (χ1n) is 6.04. The lowest BCUT2D eigenvalue weighted by Gasteiger charge is -2.12. The molecule has 8 heteroatoms. The SMILES string of the molecule is Cc1[nH]nc(C(=O)NCc2ccccc2C(F)(F)F)c1N. The predicted molar refractivity (Wildman–Crippen MR) is 70.4 cm³/mol. The van der Waals surface area contributed by atoms with Crippen LogP contribution in [0, 0.1) is 6.92 Å². The average Bonchev–Trinajstić information content (AvgIpc) is 2.76. The molecule has 0 aliphatic heterocycles. The molecule has 0 saturated heterocycles. The average molecular weight is 298 g/mol. The summed E-state index contributed by atoms with van der Waals surface area (Å²) in [6, 6.07) is 5.05. The Bertz CT molecular complexity index is 664. The van der Waals surface area contributed by atoms with E-state index in [9.17, 15) is 18.0 Å². The van der Waals surface area contributed by atoms with Crippen LogP contribution in [0.3, 0.4) is 0 Å². The van der Waals surface area contributed by atoms with Crippen molar-refractivity contribution < 1.29 is 18.0 Å². The molecule has 0 saturated carbocycles. The number of hydrogen-bond acceptors (Lipinski definition) is 3. The van der Waals surface area contributed by atoms with Crippen molar-refractivity contribution in [3.05, 3.63) is 46.8 Å². The van der Waals surface area contributed by atoms with Gasteiger partial charge in [0, 0.05) is 6.54 Å². The fourth-order valence-corrected chi connectivity index (χ4v) is 1.82. The maximum Gasteiger partial charge on any atom is 0.416 e. The van der Waals surface area contributed by atoms with Crippen LogP contribution in [-0.4, -0.2) is 16.1 Å². The maximum absolute atomic E-state index is 12.8. The van der Waals surface area contributed by atoms with Gasteiger partial charge >= 0.3 is 6.18 Å². The third-order valence-corrected chi connectivity index (χ3v) is 2.97. The molecule has 0 spiro atoms. The number of alkyl halides is 3. The summed E-state index contributed by atoms with van der Waals surface area (Å²) in [5.74, 6) is -0.631. The van der Waals surface area contributed by atoms with Crippen molar-refractivity contribution in [3.63, 3.8) is 0 Å². The Balaban J connectivity index is 2.14. The van der Waals surface area contributed by atoms with Crippen LogP contribution in [0.1, 0.15) is 27.3 Å². The fraction of sp³-hybridized carbons (Fsp3) is 0.231. The molecule has 0 aliphatic carbocycles. The number of benzene rings is 1. The number of nitrogens with zero attached hydrogens (tertiary/aromatic N) is 1. The highest BCUT2D eigenvalue weighted by molar-refractivity contribution is 5.97. The van der Waals surface area contributed by atoms with E-state index >= 15 is 0 Å². The van der Waals surface area contributed by atoms with Crippen LogP contribution in [0.25, 0.3) is 0 Å². The Morgan fingerprint density at radius 1 is 1.38 bits per heavy atom. The highest BCUT2D eigenvalue weighted by Crippen LogP contribution is 2.31. The van der Waals surface area contributed by atoms with Crippen LogP contribution in [0.15, 0.2) is 24.3 Å². The minimum Gasteiger partial charge on any atom is -0.395 e. The summed E-state index contributed by atoms with van der Waals surface area (Å²) in [6.07, 6.45) is -4.47. The number of aryl methyl sites for hydroxylation is 1. The molecule has 2 aromatic rings. The first-order chi connectivity index (χ1) is 9.80. The molecule has 0 atom stereocenters. The minimum atomic E-state index is -4.47. The first kappa shape index (κ1) is 14.9. The van der Waals surface area contributed by atoms with Gasteiger partial charge in [-0.2, -0.15) is 18.3 Å². The zero-order valence-corrected chi connectivity index (χ0v) is 11.1. The van der Waals surface area contributed by atoms with Crippen molar-refractivity contribution in [2.24, 2.45) is 0 Å². The van der Waals surface area contributed by atoms with Gasteiger partial charge < -0.3 is 11.1 Å². The lowest BCUT2D eigenvalue weighted by molar-refractivity contribution is -0.138. The number of carbonyl (C=O) groups excluding carboxylic acids is 1. The van der Waals surface area contributed by atoms with Crippen LogP contribution >= 0.6 is 0 Å². The number of hydrogen-bond donors (Lipinski definition) is 3. The Hall–Kier alpha value is -2.51. The summed E-state index contributed by atoms with van der Waals surface area (Å²) in [7, 11) is 0. The zero-order chi connectivity index (χ0) is 15.6. The predicted octanol–water partition coefficient (Wildman–Crippen LogP) is 2.25. The molecular formula is C13H13F3N4O. The molecule has 1 aromatic carbocycles. The van der Waals surface area contributed by atoms with Crippen LogP contribution in [0.2, 0.25) is 0 Å². The molecule has 112 valence electrons. The van der Waals surface area contributed by atoms with E-state index in [0.717, 1.165) is 6.07 Å². The van der Waals surface area contributed by atoms with Gasteiger partial charge in [0.05, 0.1) is 16.9 Å². The largest absolute Gasteiger partial charge is 0.416 e. The number of H-pyrrole nitrogens is 1. The molecular weight excluding hydrogens is 285 g/mol. The van der Waals surface area contributed by atoms with Gasteiger partial charge in [-0.05, 0) is 18.6 Å². The van der Waals surface area contributed by atoms with Gasteiger partial charge in [-0.3, -0.25) is 9.89 Å². The molecule has 0 aliphatic rings. The zero-order valence-electron chi connectivity index (χ0n) is 11.1. The number of nitrogen functional groups attached to an aromatic ring is 1. The smallest absolute Gasteiger partial charge is 0.395 e. The van der Waals surface area contributed by atoms with Crippen molar-refractivity contribution in [2.75, 3.05) is 5.73 Å². The van der Waals surface area contributed by atoms with E-state index in [-0.39, 0.29) is 23.5 Å². The molecule has 2 rings (SSSR count). The summed E-state index contributed by atoms with van der Waals surface area (Å²) in [5, 5.41) is 8.63. The quantitative estimate of drug-likeness (QED) is 0.812. The van der Waals surface area contributed by atoms with Crippen molar-refractivity contribution >= 4 is 11.6 Å². The molecule has 0 bridgehead atoms. The maximum atomic E-state index is 12.8. The van der Waals surface area contributed by atoms with Gasteiger partial charge in [0.1, 0.15) is 0 Å². The van der Waals surface area contributed by atoms with Gasteiger partial charge in [0.15, 0.2) is 5.69 Å². The molecule has 0 unspecified atom stereocenters. The van der Waals surface area contributed by atoms with Crippen molar-refractivity contribution in [2.45, 2.75) is 19.6 Å². The topological polar surface area (TPSA) is 83.8 Å². The summed E-state index contributed by atoms with van der Waals surface area (Å²) in [4.78, 5) is 11.9. The second-order valence-corrected chi connectivity index (χ2v) is 4.45. The van der Waals surface area contributed by atoms with E-state index in [1.54, 1.807) is 6.92 Å². The molecule has 4 N–H and O–H groups in total. The molecule has 1 heterocycles. The van der Waals surface area contributed by atoms with Gasteiger partial charge in [0.25, 0.3) is 5.91 Å². The molecule has 5 nitrogen and oxygen atoms in total. The molecule has 1 amide bonds. The summed E-state index contributed by atoms with van der Waals surface area (Å²) in [5.41, 5.74) is 5.50. The number of nitrogens with one attached hydrogen (secondary N) is 2. The Kier molecular flexibility index (Phi) is 3.88. The molecule has 1 aromatic heterocycles. The van der Waals surface area contributed by atoms with E-state index in [2.05, 4.69) is 15.5 Å². The number of rotatable bonds is 3. The van der Waals surface area contributed by atoms with Crippen molar-refractivity contribution in [3.8, 4) is 0 Å². The highest BCUT2D eigenvalue weighted by Gasteiger charge is 2.32. The Labute approximate surface area is 118 Å². The summed E-state index contributed by atoms with van der Waals surface area (Å²) in [6.45, 7) is 1.37. The van der Waals surface area contributed by atoms with Crippen molar-refractivity contribution in [1.82, 2.24) is 15.5 Å². The highest BCUT2D eigenvalue weighted by atomic mass is 19.4. The van der Waals surface area contributed by atoms with Crippen LogP contribution < -0.4 is 11.1 Å². The standard InChI is InChI=1S/C13H13F3N4O/c1-7-10(17)11(20-19-7)12(21)18-6-8-4-2-3-5-9(8)13(14,15)16/h2-5H,6,17H2,1H3,(H,18,21)(H,19,20). The van der Waals surface area contributed by atoms with Crippen LogP contribution in [0.5, 0.6) is 0 Å². The number of amides is 1. The second-order valence-electron chi connectivity index (χ2n) is 4.45. The minimum absolute atomic E-state index is 0.0239. The fourth-order valence-electron chi connectivity index (χ4n) is 1.82. The lowest BCUT2D eigenvalue weighted by atomic mass is 10.1. The third-order valence-electron chi connectivity index (χ3n) is 2.97. The number of halogens is 3. The lowest BCUT2D eigenvalue weighted by Crippen LogP contribution is -2.25. The number of carbonyl (C=O) groups is 1. The number of anilines is 1. The van der Waals surface area contributed by atoms with Gasteiger partial charge in [-0.15, -0.1) is 0 Å². The van der Waals surface area contributed by atoms with Gasteiger partial charge in [-0.25, -0.2) is 0 Å². The third kappa shape index (κ3) is 3.15. The number of nitrogens with two attached hydrogens (primary N) is 1. The van der Waals surface area contributed by atoms with Crippen LogP contribution in [0.4, 0.5) is 18.9 Å². The van der Waals surface area contributed by atoms with Gasteiger partial charge in [-0.1, -0.05) is 18.2 Å². The van der Waals surface area contributed by atoms with E-state index < -0.39 is 17.6 Å². The second kappa shape index (κ2) is 5.47. The monoisotopic (exact) mass is 298 g/mol. The first-order valence-corrected chi connectivity index (χ1v) is 6.04. The normalized spacial score (nSPS) is 11.4. The Morgan fingerprint density at radius 2 is 2.05 bits per heavy atom. The van der Waals surface area contributed by atoms with Crippen molar-refractivity contribution in [1.29, 1.82) is 0 Å². The van der Waals surface area contributed by atoms with Gasteiger partial charge in [0.2, 0.25) is 0 Å².